The van der Waals surface area contributed by atoms with E-state index in [1.165, 1.54) is 25.4 Å². The minimum absolute atomic E-state index is 0.00969. The molecule has 1 amide bonds. The Morgan fingerprint density at radius 2 is 2.16 bits per heavy atom. The van der Waals surface area contributed by atoms with Gasteiger partial charge in [-0.25, -0.2) is 0 Å². The van der Waals surface area contributed by atoms with E-state index in [0.717, 1.165) is 10.6 Å². The van der Waals surface area contributed by atoms with Crippen LogP contribution in [0.5, 0.6) is 0 Å². The number of methoxy groups -OCH3 is 1. The summed E-state index contributed by atoms with van der Waals surface area (Å²) in [5, 5.41) is 5.27. The van der Waals surface area contributed by atoms with Gasteiger partial charge in [0.1, 0.15) is 0 Å². The zero-order valence-corrected chi connectivity index (χ0v) is 20.7. The number of hydrogen-bond donors (Lipinski definition) is 3. The monoisotopic (exact) mass is 493 g/mol. The molecule has 2 rings (SSSR count). The molecule has 0 spiro atoms. The van der Waals surface area contributed by atoms with E-state index in [2.05, 4.69) is 20.1 Å². The Kier molecular flexibility index (Phi) is 9.50. The van der Waals surface area contributed by atoms with Crippen molar-refractivity contribution in [2.24, 2.45) is 5.41 Å². The number of nitrogens with zero attached hydrogens (tertiary/aromatic N) is 1. The molecule has 0 saturated carbocycles. The molecule has 1 aromatic rings. The number of esters is 2. The zero-order chi connectivity index (χ0) is 23.9. The van der Waals surface area contributed by atoms with Crippen molar-refractivity contribution in [3.8, 4) is 0 Å². The standard InChI is InChI=1S/C19H32N3O8PS/c1-12-14(32-11-21-12)7-9-28-18(25)13(2)22-31(26)29-10-19(3,4)16(30-31)17(24)20-8-6-15(23)27-5/h11,13,16,22,26,31H,6-10H2,1-5H3,(H,20,24)/t13-,16+/m1/s1. The van der Waals surface area contributed by atoms with Gasteiger partial charge in [0, 0.05) is 0 Å². The molecule has 0 bridgehead atoms. The number of hydrogen-bond acceptors (Lipinski definition) is 11. The van der Waals surface area contributed by atoms with Gasteiger partial charge in [-0.3, -0.25) is 0 Å². The van der Waals surface area contributed by atoms with E-state index < -0.39 is 43.5 Å². The molecular weight excluding hydrogens is 461 g/mol. The SMILES string of the molecule is COC(=O)CCNC(=O)[C@@H]1O[PH](O)(N[C@H](C)C(=O)OCCc2scnc2C)OCC1(C)C. The van der Waals surface area contributed by atoms with E-state index in [9.17, 15) is 19.3 Å². The Balaban J connectivity index is 1.89. The summed E-state index contributed by atoms with van der Waals surface area (Å²) in [5.74, 6) is -1.53. The number of ether oxygens (including phenoxy) is 2. The summed E-state index contributed by atoms with van der Waals surface area (Å²) in [6, 6.07) is -0.918. The van der Waals surface area contributed by atoms with Crippen LogP contribution in [0.25, 0.3) is 0 Å². The van der Waals surface area contributed by atoms with Crippen LogP contribution in [0.4, 0.5) is 0 Å². The van der Waals surface area contributed by atoms with Crippen molar-refractivity contribution in [2.45, 2.75) is 52.7 Å². The molecule has 0 unspecified atom stereocenters. The predicted molar refractivity (Wildman–Crippen MR) is 119 cm³/mol. The molecule has 32 heavy (non-hydrogen) atoms. The van der Waals surface area contributed by atoms with Crippen molar-refractivity contribution in [1.82, 2.24) is 15.4 Å². The Labute approximate surface area is 191 Å². The number of rotatable bonds is 10. The third-order valence-electron chi connectivity index (χ3n) is 4.89. The summed E-state index contributed by atoms with van der Waals surface area (Å²) in [6.07, 6.45) is -0.489. The fourth-order valence-electron chi connectivity index (χ4n) is 2.95. The number of aryl methyl sites for hydroxylation is 1. The van der Waals surface area contributed by atoms with E-state index in [1.807, 2.05) is 6.92 Å². The quantitative estimate of drug-likeness (QED) is 0.319. The van der Waals surface area contributed by atoms with Crippen molar-refractivity contribution in [3.63, 3.8) is 0 Å². The van der Waals surface area contributed by atoms with Crippen molar-refractivity contribution in [1.29, 1.82) is 0 Å². The Morgan fingerprint density at radius 3 is 2.78 bits per heavy atom. The molecule has 2 atom stereocenters. The van der Waals surface area contributed by atoms with E-state index in [4.69, 9.17) is 13.8 Å². The zero-order valence-electron chi connectivity index (χ0n) is 18.9. The van der Waals surface area contributed by atoms with Crippen molar-refractivity contribution < 1.29 is 37.8 Å². The van der Waals surface area contributed by atoms with Gasteiger partial charge in [-0.05, 0) is 0 Å². The van der Waals surface area contributed by atoms with E-state index in [1.54, 1.807) is 19.4 Å². The Bertz CT molecular complexity index is 820. The van der Waals surface area contributed by atoms with Gasteiger partial charge in [-0.1, -0.05) is 0 Å². The summed E-state index contributed by atoms with van der Waals surface area (Å²) in [6.45, 7) is 7.19. The molecule has 13 heteroatoms. The number of thiazole rings is 1. The first-order valence-corrected chi connectivity index (χ1v) is 12.8. The van der Waals surface area contributed by atoms with Crippen LogP contribution >= 0.6 is 19.4 Å². The van der Waals surface area contributed by atoms with Crippen LogP contribution in [0.2, 0.25) is 0 Å². The second-order valence-electron chi connectivity index (χ2n) is 8.12. The average molecular weight is 494 g/mol. The second kappa shape index (κ2) is 11.4. The van der Waals surface area contributed by atoms with Gasteiger partial charge in [-0.15, -0.1) is 0 Å². The van der Waals surface area contributed by atoms with Gasteiger partial charge < -0.3 is 0 Å². The molecular formula is C19H32N3O8PS. The summed E-state index contributed by atoms with van der Waals surface area (Å²) in [5.41, 5.74) is 1.90. The molecule has 3 N–H and O–H groups in total. The van der Waals surface area contributed by atoms with Gasteiger partial charge in [0.05, 0.1) is 0 Å². The first kappa shape index (κ1) is 26.6. The predicted octanol–water partition coefficient (Wildman–Crippen LogP) is 1.04. The van der Waals surface area contributed by atoms with Crippen LogP contribution < -0.4 is 10.4 Å². The number of amides is 1. The van der Waals surface area contributed by atoms with Crippen molar-refractivity contribution >= 4 is 37.3 Å². The summed E-state index contributed by atoms with van der Waals surface area (Å²) < 4.78 is 21.0. The minimum atomic E-state index is -4.06. The molecule has 1 saturated heterocycles. The number of aromatic nitrogens is 1. The van der Waals surface area contributed by atoms with E-state index in [0.29, 0.717) is 6.42 Å². The molecule has 0 aromatic carbocycles. The molecule has 1 aliphatic rings. The van der Waals surface area contributed by atoms with E-state index in [-0.39, 0.29) is 26.2 Å². The third-order valence-corrected chi connectivity index (χ3v) is 7.78. The molecule has 1 aliphatic heterocycles. The van der Waals surface area contributed by atoms with Crippen LogP contribution in [0.1, 0.15) is 37.8 Å². The fraction of sp³-hybridized carbons (Fsp3) is 0.684. The van der Waals surface area contributed by atoms with E-state index >= 15 is 0 Å². The summed E-state index contributed by atoms with van der Waals surface area (Å²) in [7, 11) is -2.79. The molecule has 0 radical (unpaired) electrons. The van der Waals surface area contributed by atoms with Crippen molar-refractivity contribution in [2.75, 3.05) is 26.9 Å². The third kappa shape index (κ3) is 7.43. The molecule has 0 aliphatic carbocycles. The molecule has 1 fully saturated rings. The van der Waals surface area contributed by atoms with Crippen LogP contribution in [-0.2, 0) is 39.3 Å². The van der Waals surface area contributed by atoms with Crippen LogP contribution in [-0.4, -0.2) is 66.7 Å². The maximum atomic E-state index is 12.6. The number of carbonyl (C=O) groups is 3. The Hall–Kier alpha value is -1.69. The molecule has 182 valence electrons. The van der Waals surface area contributed by atoms with Crippen LogP contribution in [0, 0.1) is 12.3 Å². The summed E-state index contributed by atoms with van der Waals surface area (Å²) in [4.78, 5) is 52.2. The van der Waals surface area contributed by atoms with Crippen LogP contribution in [0.15, 0.2) is 5.51 Å². The first-order valence-electron chi connectivity index (χ1n) is 10.2. The van der Waals surface area contributed by atoms with Gasteiger partial charge in [-0.2, -0.15) is 0 Å². The Morgan fingerprint density at radius 1 is 1.44 bits per heavy atom. The average Bonchev–Trinajstić information content (AvgIpc) is 3.14. The maximum absolute atomic E-state index is 12.6. The fourth-order valence-corrected chi connectivity index (χ4v) is 5.91. The molecule has 2 heterocycles. The molecule has 1 aromatic heterocycles. The van der Waals surface area contributed by atoms with Gasteiger partial charge in [0.15, 0.2) is 0 Å². The number of carbonyl (C=O) groups excluding carboxylic acids is 3. The first-order chi connectivity index (χ1) is 15.0. The second-order valence-corrected chi connectivity index (χ2v) is 11.0. The van der Waals surface area contributed by atoms with Gasteiger partial charge in [0.25, 0.3) is 0 Å². The number of nitrogens with one attached hydrogen (secondary N) is 2. The topological polar surface area (TPSA) is 145 Å². The molecule has 11 nitrogen and oxygen atoms in total. The van der Waals surface area contributed by atoms with Gasteiger partial charge in [0.2, 0.25) is 0 Å². The van der Waals surface area contributed by atoms with Crippen molar-refractivity contribution in [3.05, 3.63) is 16.1 Å². The summed E-state index contributed by atoms with van der Waals surface area (Å²) >= 11 is 1.49. The van der Waals surface area contributed by atoms with Gasteiger partial charge >= 0.3 is 192 Å². The normalized spacial score (nSPS) is 21.2. The van der Waals surface area contributed by atoms with Crippen LogP contribution in [0.3, 0.4) is 0 Å².